The Labute approximate surface area is 123 Å². The van der Waals surface area contributed by atoms with Crippen LogP contribution in [0.4, 0.5) is 0 Å². The summed E-state index contributed by atoms with van der Waals surface area (Å²) in [5.74, 6) is 0.335. The maximum absolute atomic E-state index is 12.7. The van der Waals surface area contributed by atoms with E-state index in [2.05, 4.69) is 11.9 Å². The number of nitrogens with zero attached hydrogens (tertiary/aromatic N) is 3. The zero-order chi connectivity index (χ0) is 15.0. The molecule has 5 heteroatoms. The van der Waals surface area contributed by atoms with Crippen LogP contribution < -0.4 is 5.56 Å². The third-order valence-electron chi connectivity index (χ3n) is 4.14. The number of piperidine rings is 1. The van der Waals surface area contributed by atoms with Crippen LogP contribution >= 0.6 is 0 Å². The van der Waals surface area contributed by atoms with Crippen molar-refractivity contribution in [2.75, 3.05) is 13.1 Å². The van der Waals surface area contributed by atoms with Gasteiger partial charge in [0.15, 0.2) is 0 Å². The van der Waals surface area contributed by atoms with Gasteiger partial charge in [0.2, 0.25) is 0 Å². The number of pyridine rings is 2. The van der Waals surface area contributed by atoms with Crippen LogP contribution in [0.15, 0.2) is 29.2 Å². The van der Waals surface area contributed by atoms with Crippen LogP contribution in [0.25, 0.3) is 11.0 Å². The highest BCUT2D eigenvalue weighted by atomic mass is 16.2. The number of hydrogen-bond acceptors (Lipinski definition) is 3. The molecular weight excluding hydrogens is 266 g/mol. The molecule has 1 aliphatic heterocycles. The maximum Gasteiger partial charge on any atom is 0.264 e. The van der Waals surface area contributed by atoms with Crippen molar-refractivity contribution in [2.24, 2.45) is 13.0 Å². The van der Waals surface area contributed by atoms with E-state index in [4.69, 9.17) is 0 Å². The molecule has 2 aromatic heterocycles. The monoisotopic (exact) mass is 285 g/mol. The van der Waals surface area contributed by atoms with Crippen molar-refractivity contribution in [3.8, 4) is 0 Å². The van der Waals surface area contributed by atoms with Gasteiger partial charge in [-0.1, -0.05) is 6.92 Å². The third-order valence-corrected chi connectivity index (χ3v) is 4.14. The number of likely N-dealkylation sites (tertiary alicyclic amines) is 1. The first-order chi connectivity index (χ1) is 10.1. The van der Waals surface area contributed by atoms with E-state index in [0.29, 0.717) is 11.6 Å². The van der Waals surface area contributed by atoms with E-state index < -0.39 is 0 Å². The standard InChI is InChI=1S/C16H19N3O2/c1-11-5-4-8-19(10-11)16(21)13-9-12-6-3-7-17-14(12)18(2)15(13)20/h3,6-7,9,11H,4-5,8,10H2,1-2H3/t11-/m1/s1. The van der Waals surface area contributed by atoms with E-state index in [-0.39, 0.29) is 17.0 Å². The molecule has 0 spiro atoms. The van der Waals surface area contributed by atoms with Crippen molar-refractivity contribution in [1.82, 2.24) is 14.5 Å². The van der Waals surface area contributed by atoms with Crippen molar-refractivity contribution in [3.63, 3.8) is 0 Å². The Morgan fingerprint density at radius 1 is 1.43 bits per heavy atom. The average molecular weight is 285 g/mol. The van der Waals surface area contributed by atoms with Gasteiger partial charge in [0.1, 0.15) is 11.2 Å². The molecular formula is C16H19N3O2. The minimum Gasteiger partial charge on any atom is -0.338 e. The van der Waals surface area contributed by atoms with Gasteiger partial charge < -0.3 is 4.90 Å². The molecule has 0 unspecified atom stereocenters. The van der Waals surface area contributed by atoms with E-state index in [1.165, 1.54) is 4.57 Å². The number of amides is 1. The number of hydrogen-bond donors (Lipinski definition) is 0. The van der Waals surface area contributed by atoms with Crippen molar-refractivity contribution in [1.29, 1.82) is 0 Å². The molecule has 5 nitrogen and oxygen atoms in total. The lowest BCUT2D eigenvalue weighted by Crippen LogP contribution is -2.41. The molecule has 1 saturated heterocycles. The minimum absolute atomic E-state index is 0.159. The smallest absolute Gasteiger partial charge is 0.264 e. The molecule has 0 aliphatic carbocycles. The van der Waals surface area contributed by atoms with Crippen molar-refractivity contribution in [3.05, 3.63) is 40.3 Å². The zero-order valence-corrected chi connectivity index (χ0v) is 12.4. The molecule has 110 valence electrons. The van der Waals surface area contributed by atoms with E-state index in [9.17, 15) is 9.59 Å². The summed E-state index contributed by atoms with van der Waals surface area (Å²) in [6.07, 6.45) is 3.79. The van der Waals surface area contributed by atoms with Gasteiger partial charge in [0.25, 0.3) is 11.5 Å². The van der Waals surface area contributed by atoms with Crippen molar-refractivity contribution < 1.29 is 4.79 Å². The van der Waals surface area contributed by atoms with Crippen LogP contribution in [0.1, 0.15) is 30.1 Å². The molecule has 21 heavy (non-hydrogen) atoms. The van der Waals surface area contributed by atoms with Crippen LogP contribution in [0.2, 0.25) is 0 Å². The second-order valence-electron chi connectivity index (χ2n) is 5.84. The highest BCUT2D eigenvalue weighted by Crippen LogP contribution is 2.18. The predicted octanol–water partition coefficient (Wildman–Crippen LogP) is 1.81. The second-order valence-corrected chi connectivity index (χ2v) is 5.84. The SMILES string of the molecule is C[C@@H]1CCCN(C(=O)c2cc3cccnc3n(C)c2=O)C1. The van der Waals surface area contributed by atoms with Gasteiger partial charge in [0, 0.05) is 31.7 Å². The fraction of sp³-hybridized carbons (Fsp3) is 0.438. The van der Waals surface area contributed by atoms with E-state index in [1.807, 2.05) is 12.1 Å². The van der Waals surface area contributed by atoms with Gasteiger partial charge in [-0.2, -0.15) is 0 Å². The molecule has 2 aromatic rings. The van der Waals surface area contributed by atoms with Gasteiger partial charge in [-0.15, -0.1) is 0 Å². The molecule has 0 radical (unpaired) electrons. The molecule has 0 aromatic carbocycles. The summed E-state index contributed by atoms with van der Waals surface area (Å²) in [4.78, 5) is 31.1. The fourth-order valence-corrected chi connectivity index (χ4v) is 2.99. The van der Waals surface area contributed by atoms with Crippen LogP contribution in [0.5, 0.6) is 0 Å². The van der Waals surface area contributed by atoms with Crippen LogP contribution in [-0.4, -0.2) is 33.4 Å². The largest absolute Gasteiger partial charge is 0.338 e. The molecule has 1 atom stereocenters. The van der Waals surface area contributed by atoms with Gasteiger partial charge in [-0.25, -0.2) is 4.98 Å². The molecule has 0 bridgehead atoms. The van der Waals surface area contributed by atoms with Gasteiger partial charge >= 0.3 is 0 Å². The summed E-state index contributed by atoms with van der Waals surface area (Å²) in [6.45, 7) is 3.60. The predicted molar refractivity (Wildman–Crippen MR) is 81.3 cm³/mol. The molecule has 0 saturated carbocycles. The van der Waals surface area contributed by atoms with E-state index in [1.54, 1.807) is 24.2 Å². The third kappa shape index (κ3) is 2.44. The first-order valence-electron chi connectivity index (χ1n) is 7.32. The highest BCUT2D eigenvalue weighted by Gasteiger charge is 2.24. The molecule has 1 amide bonds. The van der Waals surface area contributed by atoms with Crippen LogP contribution in [0, 0.1) is 5.92 Å². The van der Waals surface area contributed by atoms with Gasteiger partial charge in [-0.3, -0.25) is 14.2 Å². The molecule has 3 rings (SSSR count). The summed E-state index contributed by atoms with van der Waals surface area (Å²) in [6, 6.07) is 5.35. The first kappa shape index (κ1) is 13.8. The summed E-state index contributed by atoms with van der Waals surface area (Å²) >= 11 is 0. The van der Waals surface area contributed by atoms with E-state index in [0.717, 1.165) is 31.3 Å². The molecule has 1 fully saturated rings. The van der Waals surface area contributed by atoms with E-state index >= 15 is 0 Å². The Kier molecular flexibility index (Phi) is 3.49. The second kappa shape index (κ2) is 5.31. The normalized spacial score (nSPS) is 19.0. The van der Waals surface area contributed by atoms with Crippen molar-refractivity contribution in [2.45, 2.75) is 19.8 Å². The quantitative estimate of drug-likeness (QED) is 0.803. The maximum atomic E-state index is 12.7. The van der Waals surface area contributed by atoms with Gasteiger partial charge in [0.05, 0.1) is 0 Å². The molecule has 0 N–H and O–H groups in total. The number of rotatable bonds is 1. The van der Waals surface area contributed by atoms with Crippen molar-refractivity contribution >= 4 is 16.9 Å². The lowest BCUT2D eigenvalue weighted by molar-refractivity contribution is 0.0681. The summed E-state index contributed by atoms with van der Waals surface area (Å²) in [5, 5.41) is 0.813. The summed E-state index contributed by atoms with van der Waals surface area (Å²) in [5.41, 5.74) is 0.572. The lowest BCUT2D eigenvalue weighted by atomic mass is 9.99. The van der Waals surface area contributed by atoms with Crippen LogP contribution in [-0.2, 0) is 7.05 Å². The lowest BCUT2D eigenvalue weighted by Gasteiger charge is -2.30. The number of fused-ring (bicyclic) bond motifs is 1. The first-order valence-corrected chi connectivity index (χ1v) is 7.32. The number of carbonyl (C=O) groups is 1. The fourth-order valence-electron chi connectivity index (χ4n) is 2.99. The number of aryl methyl sites for hydroxylation is 1. The Hall–Kier alpha value is -2.17. The van der Waals surface area contributed by atoms with Gasteiger partial charge in [-0.05, 0) is 37.0 Å². The summed E-state index contributed by atoms with van der Waals surface area (Å²) in [7, 11) is 1.66. The zero-order valence-electron chi connectivity index (χ0n) is 12.4. The molecule has 1 aliphatic rings. The average Bonchev–Trinajstić information content (AvgIpc) is 2.50. The number of aromatic nitrogens is 2. The topological polar surface area (TPSA) is 55.2 Å². The Bertz CT molecular complexity index is 751. The summed E-state index contributed by atoms with van der Waals surface area (Å²) < 4.78 is 1.45. The minimum atomic E-state index is -0.274. The number of carbonyl (C=O) groups excluding carboxylic acids is 1. The Morgan fingerprint density at radius 3 is 3.00 bits per heavy atom. The molecule has 3 heterocycles. The Morgan fingerprint density at radius 2 is 2.24 bits per heavy atom. The Balaban J connectivity index is 2.06. The van der Waals surface area contributed by atoms with Crippen LogP contribution in [0.3, 0.4) is 0 Å². The highest BCUT2D eigenvalue weighted by molar-refractivity contribution is 5.96.